The van der Waals surface area contributed by atoms with E-state index in [4.69, 9.17) is 4.74 Å². The van der Waals surface area contributed by atoms with Crippen molar-refractivity contribution in [1.82, 2.24) is 10.6 Å². The first-order chi connectivity index (χ1) is 9.93. The lowest BCUT2D eigenvalue weighted by molar-refractivity contribution is -0.121. The molecule has 0 saturated heterocycles. The third-order valence-corrected chi connectivity index (χ3v) is 3.90. The first-order valence-electron chi connectivity index (χ1n) is 6.77. The molecule has 22 heavy (non-hydrogen) atoms. The topological polar surface area (TPSA) is 84.5 Å². The first kappa shape index (κ1) is 20.7. The summed E-state index contributed by atoms with van der Waals surface area (Å²) in [6, 6.07) is 6.15. The molecule has 0 unspecified atom stereocenters. The highest BCUT2D eigenvalue weighted by atomic mass is 35.5. The number of nitrogens with one attached hydrogen (secondary N) is 2. The Kier molecular flexibility index (Phi) is 9.80. The number of hydrogen-bond donors (Lipinski definition) is 2. The Morgan fingerprint density at radius 2 is 1.82 bits per heavy atom. The van der Waals surface area contributed by atoms with Gasteiger partial charge in [-0.1, -0.05) is 0 Å². The van der Waals surface area contributed by atoms with Crippen molar-refractivity contribution in [1.29, 1.82) is 0 Å². The Hall–Kier alpha value is -1.31. The maximum atomic E-state index is 11.5. The van der Waals surface area contributed by atoms with E-state index in [0.29, 0.717) is 12.3 Å². The fourth-order valence-electron chi connectivity index (χ4n) is 1.63. The van der Waals surface area contributed by atoms with E-state index >= 15 is 0 Å². The minimum Gasteiger partial charge on any atom is -0.493 e. The molecule has 0 bridgehead atoms. The van der Waals surface area contributed by atoms with Gasteiger partial charge in [0.1, 0.15) is 5.75 Å². The molecule has 0 aromatic heterocycles. The van der Waals surface area contributed by atoms with E-state index in [-0.39, 0.29) is 36.2 Å². The van der Waals surface area contributed by atoms with Crippen LogP contribution in [0.15, 0.2) is 29.2 Å². The Balaban J connectivity index is 0.00000441. The molecule has 1 aromatic rings. The Morgan fingerprint density at radius 1 is 1.18 bits per heavy atom. The number of sulfone groups is 1. The molecule has 0 fully saturated rings. The van der Waals surface area contributed by atoms with Crippen LogP contribution in [-0.2, 0) is 14.6 Å². The van der Waals surface area contributed by atoms with Crippen LogP contribution in [0.1, 0.15) is 12.8 Å². The fraction of sp³-hybridized carbons (Fsp3) is 0.500. The van der Waals surface area contributed by atoms with Crippen molar-refractivity contribution in [3.63, 3.8) is 0 Å². The molecule has 1 rings (SSSR count). The molecule has 0 saturated carbocycles. The summed E-state index contributed by atoms with van der Waals surface area (Å²) in [5.74, 6) is 0.490. The normalized spacial score (nSPS) is 10.6. The average molecular weight is 351 g/mol. The van der Waals surface area contributed by atoms with Gasteiger partial charge in [-0.05, 0) is 44.3 Å². The summed E-state index contributed by atoms with van der Waals surface area (Å²) >= 11 is 0. The highest BCUT2D eigenvalue weighted by molar-refractivity contribution is 7.90. The van der Waals surface area contributed by atoms with E-state index in [2.05, 4.69) is 10.6 Å². The van der Waals surface area contributed by atoms with Crippen LogP contribution in [0.4, 0.5) is 0 Å². The summed E-state index contributed by atoms with van der Waals surface area (Å²) in [4.78, 5) is 11.7. The number of carbonyl (C=O) groups is 1. The zero-order valence-corrected chi connectivity index (χ0v) is 14.4. The van der Waals surface area contributed by atoms with Crippen LogP contribution in [0.2, 0.25) is 0 Å². The molecular weight excluding hydrogens is 328 g/mol. The molecular formula is C14H23ClN2O4S. The monoisotopic (exact) mass is 350 g/mol. The molecule has 2 N–H and O–H groups in total. The van der Waals surface area contributed by atoms with Crippen molar-refractivity contribution >= 4 is 28.2 Å². The first-order valence-corrected chi connectivity index (χ1v) is 8.67. The van der Waals surface area contributed by atoms with E-state index in [9.17, 15) is 13.2 Å². The van der Waals surface area contributed by atoms with Crippen molar-refractivity contribution in [3.8, 4) is 5.75 Å². The molecule has 0 spiro atoms. The summed E-state index contributed by atoms with van der Waals surface area (Å²) in [7, 11) is -1.33. The second-order valence-corrected chi connectivity index (χ2v) is 6.66. The van der Waals surface area contributed by atoms with Crippen LogP contribution in [0.5, 0.6) is 5.75 Å². The van der Waals surface area contributed by atoms with Gasteiger partial charge in [0.05, 0.1) is 17.9 Å². The van der Waals surface area contributed by atoms with Gasteiger partial charge in [-0.2, -0.15) is 0 Å². The van der Waals surface area contributed by atoms with Crippen molar-refractivity contribution in [2.24, 2.45) is 0 Å². The van der Waals surface area contributed by atoms with Gasteiger partial charge in [0.2, 0.25) is 5.91 Å². The third kappa shape index (κ3) is 8.21. The van der Waals surface area contributed by atoms with Gasteiger partial charge in [-0.3, -0.25) is 4.79 Å². The molecule has 0 heterocycles. The molecule has 0 aliphatic rings. The summed E-state index contributed by atoms with van der Waals surface area (Å²) in [5, 5.41) is 5.80. The second-order valence-electron chi connectivity index (χ2n) is 4.65. The number of carbonyl (C=O) groups excluding carboxylic acids is 1. The lowest BCUT2D eigenvalue weighted by atomic mass is 10.3. The lowest BCUT2D eigenvalue weighted by Gasteiger charge is -2.07. The van der Waals surface area contributed by atoms with Crippen molar-refractivity contribution in [2.45, 2.75) is 17.7 Å². The van der Waals surface area contributed by atoms with Gasteiger partial charge >= 0.3 is 0 Å². The predicted octanol–water partition coefficient (Wildman–Crippen LogP) is 1.01. The summed E-state index contributed by atoms with van der Waals surface area (Å²) in [5.41, 5.74) is 0. The molecule has 0 aliphatic carbocycles. The van der Waals surface area contributed by atoms with Gasteiger partial charge in [0.15, 0.2) is 9.84 Å². The van der Waals surface area contributed by atoms with Crippen LogP contribution >= 0.6 is 12.4 Å². The zero-order valence-electron chi connectivity index (χ0n) is 12.8. The lowest BCUT2D eigenvalue weighted by Crippen LogP contribution is -2.27. The van der Waals surface area contributed by atoms with Gasteiger partial charge in [-0.25, -0.2) is 8.42 Å². The molecule has 8 heteroatoms. The highest BCUT2D eigenvalue weighted by Crippen LogP contribution is 2.15. The van der Waals surface area contributed by atoms with Gasteiger partial charge in [-0.15, -0.1) is 12.4 Å². The average Bonchev–Trinajstić information content (AvgIpc) is 2.43. The van der Waals surface area contributed by atoms with Crippen LogP contribution in [0.25, 0.3) is 0 Å². The number of halogens is 1. The molecule has 1 amide bonds. The molecule has 6 nitrogen and oxygen atoms in total. The summed E-state index contributed by atoms with van der Waals surface area (Å²) in [6.07, 6.45) is 2.31. The van der Waals surface area contributed by atoms with Gasteiger partial charge in [0, 0.05) is 12.8 Å². The largest absolute Gasteiger partial charge is 0.493 e. The van der Waals surface area contributed by atoms with E-state index in [1.807, 2.05) is 7.05 Å². The van der Waals surface area contributed by atoms with Crippen LogP contribution in [0, 0.1) is 0 Å². The maximum Gasteiger partial charge on any atom is 0.223 e. The summed E-state index contributed by atoms with van der Waals surface area (Å²) in [6.45, 7) is 1.77. The van der Waals surface area contributed by atoms with Crippen molar-refractivity contribution in [3.05, 3.63) is 24.3 Å². The number of hydrogen-bond acceptors (Lipinski definition) is 5. The minimum absolute atomic E-state index is 0. The van der Waals surface area contributed by atoms with Crippen LogP contribution in [-0.4, -0.2) is 47.3 Å². The smallest absolute Gasteiger partial charge is 0.223 e. The molecule has 126 valence electrons. The Bertz CT molecular complexity index is 546. The van der Waals surface area contributed by atoms with Gasteiger partial charge < -0.3 is 15.4 Å². The van der Waals surface area contributed by atoms with E-state index in [1.54, 1.807) is 12.1 Å². The second kappa shape index (κ2) is 10.4. The number of rotatable bonds is 9. The number of amides is 1. The van der Waals surface area contributed by atoms with Gasteiger partial charge in [0.25, 0.3) is 0 Å². The van der Waals surface area contributed by atoms with Crippen LogP contribution < -0.4 is 15.4 Å². The maximum absolute atomic E-state index is 11.5. The van der Waals surface area contributed by atoms with E-state index in [0.717, 1.165) is 19.2 Å². The standard InChI is InChI=1S/C14H22N2O4S.ClH/c1-15-9-3-10-16-14(17)8-11-20-12-4-6-13(7-5-12)21(2,18)19;/h4-7,15H,3,8-11H2,1-2H3,(H,16,17);1H. The minimum atomic E-state index is -3.19. The molecule has 1 aromatic carbocycles. The predicted molar refractivity (Wildman–Crippen MR) is 88.5 cm³/mol. The Morgan fingerprint density at radius 3 is 2.36 bits per heavy atom. The van der Waals surface area contributed by atoms with E-state index in [1.165, 1.54) is 12.1 Å². The molecule has 0 aliphatic heterocycles. The summed E-state index contributed by atoms with van der Waals surface area (Å²) < 4.78 is 28.0. The molecule has 0 atom stereocenters. The zero-order chi connectivity index (χ0) is 15.7. The Labute approximate surface area is 138 Å². The SMILES string of the molecule is CNCCCNC(=O)CCOc1ccc(S(C)(=O)=O)cc1.Cl. The quantitative estimate of drug-likeness (QED) is 0.649. The van der Waals surface area contributed by atoms with Crippen LogP contribution in [0.3, 0.4) is 0 Å². The van der Waals surface area contributed by atoms with Crippen molar-refractivity contribution < 1.29 is 17.9 Å². The van der Waals surface area contributed by atoms with Crippen molar-refractivity contribution in [2.75, 3.05) is 33.0 Å². The number of benzene rings is 1. The number of ether oxygens (including phenoxy) is 1. The highest BCUT2D eigenvalue weighted by Gasteiger charge is 2.06. The third-order valence-electron chi connectivity index (χ3n) is 2.78. The van der Waals surface area contributed by atoms with E-state index < -0.39 is 9.84 Å². The fourth-order valence-corrected chi connectivity index (χ4v) is 2.26. The molecule has 0 radical (unpaired) electrons.